The van der Waals surface area contributed by atoms with Crippen LogP contribution in [0.5, 0.6) is 11.5 Å². The average molecular weight is 410 g/mol. The van der Waals surface area contributed by atoms with Crippen LogP contribution < -0.4 is 9.47 Å². The molecule has 8 heteroatoms. The normalized spacial score (nSPS) is 20.5. The van der Waals surface area contributed by atoms with Gasteiger partial charge in [0.1, 0.15) is 37.9 Å². The van der Waals surface area contributed by atoms with E-state index in [0.717, 1.165) is 21.5 Å². The number of benzene rings is 3. The Hall–Kier alpha value is -3.68. The van der Waals surface area contributed by atoms with E-state index < -0.39 is 24.5 Å². The Labute approximate surface area is 171 Å². The van der Waals surface area contributed by atoms with Crippen LogP contribution in [0, 0.1) is 0 Å². The van der Waals surface area contributed by atoms with Crippen molar-refractivity contribution in [3.8, 4) is 11.5 Å². The molecule has 5 rings (SSSR count). The van der Waals surface area contributed by atoms with Crippen molar-refractivity contribution in [3.63, 3.8) is 0 Å². The zero-order valence-corrected chi connectivity index (χ0v) is 15.9. The van der Waals surface area contributed by atoms with E-state index in [0.29, 0.717) is 11.5 Å². The molecule has 0 bridgehead atoms. The van der Waals surface area contributed by atoms with Crippen LogP contribution in [0.25, 0.3) is 21.5 Å². The van der Waals surface area contributed by atoms with Gasteiger partial charge in [-0.2, -0.15) is 0 Å². The van der Waals surface area contributed by atoms with Gasteiger partial charge in [-0.3, -0.25) is 0 Å². The first-order valence-electron chi connectivity index (χ1n) is 9.55. The summed E-state index contributed by atoms with van der Waals surface area (Å²) in [6.45, 7) is 0.681. The van der Waals surface area contributed by atoms with Crippen LogP contribution >= 0.6 is 0 Å². The van der Waals surface area contributed by atoms with Gasteiger partial charge in [0.15, 0.2) is 12.2 Å². The summed E-state index contributed by atoms with van der Waals surface area (Å²) in [5, 5.41) is 3.43. The van der Waals surface area contributed by atoms with E-state index in [1.807, 2.05) is 48.5 Å². The Morgan fingerprint density at radius 3 is 1.33 bits per heavy atom. The summed E-state index contributed by atoms with van der Waals surface area (Å²) < 4.78 is 32.0. The van der Waals surface area contributed by atoms with Gasteiger partial charge < -0.3 is 28.4 Å². The third-order valence-electron chi connectivity index (χ3n) is 4.96. The van der Waals surface area contributed by atoms with E-state index in [1.54, 1.807) is 0 Å². The molecule has 0 spiro atoms. The molecule has 154 valence electrons. The van der Waals surface area contributed by atoms with E-state index in [9.17, 15) is 9.59 Å². The van der Waals surface area contributed by atoms with Gasteiger partial charge in [0, 0.05) is 21.5 Å². The van der Waals surface area contributed by atoms with Crippen LogP contribution in [0.3, 0.4) is 0 Å². The maximum absolute atomic E-state index is 11.2. The Morgan fingerprint density at radius 2 is 1.03 bits per heavy atom. The monoisotopic (exact) mass is 410 g/mol. The SMILES string of the molecule is O=C1OCC(COc2c3ccccc3c(OCC3COC(=O)O3)c3ccccc23)O1. The largest absolute Gasteiger partial charge is 0.508 e. The number of hydrogen-bond acceptors (Lipinski definition) is 8. The summed E-state index contributed by atoms with van der Waals surface area (Å²) in [5.41, 5.74) is 0. The molecule has 2 heterocycles. The quantitative estimate of drug-likeness (QED) is 0.448. The predicted molar refractivity (Wildman–Crippen MR) is 105 cm³/mol. The average Bonchev–Trinajstić information content (AvgIpc) is 3.38. The zero-order chi connectivity index (χ0) is 20.5. The second-order valence-corrected chi connectivity index (χ2v) is 6.97. The highest BCUT2D eigenvalue weighted by molar-refractivity contribution is 6.11. The number of carbonyl (C=O) groups excluding carboxylic acids is 2. The molecule has 2 atom stereocenters. The van der Waals surface area contributed by atoms with Gasteiger partial charge in [0.2, 0.25) is 0 Å². The molecule has 0 radical (unpaired) electrons. The Bertz CT molecular complexity index is 980. The molecule has 3 aromatic carbocycles. The van der Waals surface area contributed by atoms with Crippen molar-refractivity contribution in [1.82, 2.24) is 0 Å². The Kier molecular flexibility index (Phi) is 4.66. The van der Waals surface area contributed by atoms with Gasteiger partial charge in [-0.15, -0.1) is 0 Å². The maximum atomic E-state index is 11.2. The standard InChI is InChI=1S/C22H18O8/c23-21-27-11-13(29-21)9-25-19-15-5-1-2-6-16(15)20(18-8-4-3-7-17(18)19)26-10-14-12-28-22(24)30-14/h1-8,13-14H,9-12H2. The fourth-order valence-electron chi connectivity index (χ4n) is 3.61. The van der Waals surface area contributed by atoms with Crippen LogP contribution in [0.1, 0.15) is 0 Å². The molecule has 0 amide bonds. The summed E-state index contributed by atoms with van der Waals surface area (Å²) in [7, 11) is 0. The predicted octanol–water partition coefficient (Wildman–Crippen LogP) is 3.82. The minimum Gasteiger partial charge on any atom is -0.488 e. The maximum Gasteiger partial charge on any atom is 0.508 e. The third kappa shape index (κ3) is 3.41. The number of carbonyl (C=O) groups is 2. The fourth-order valence-corrected chi connectivity index (χ4v) is 3.61. The topological polar surface area (TPSA) is 89.5 Å². The lowest BCUT2D eigenvalue weighted by Gasteiger charge is -2.19. The highest BCUT2D eigenvalue weighted by Crippen LogP contribution is 2.42. The molecule has 2 aliphatic heterocycles. The lowest BCUT2D eigenvalue weighted by Crippen LogP contribution is -2.21. The highest BCUT2D eigenvalue weighted by Gasteiger charge is 2.28. The molecule has 30 heavy (non-hydrogen) atoms. The molecule has 8 nitrogen and oxygen atoms in total. The van der Waals surface area contributed by atoms with Crippen molar-refractivity contribution >= 4 is 33.9 Å². The number of fused-ring (bicyclic) bond motifs is 2. The molecule has 3 aromatic rings. The minimum absolute atomic E-state index is 0.165. The minimum atomic E-state index is -0.682. The lowest BCUT2D eigenvalue weighted by molar-refractivity contribution is 0.0979. The summed E-state index contributed by atoms with van der Waals surface area (Å²) in [5.74, 6) is 1.35. The summed E-state index contributed by atoms with van der Waals surface area (Å²) >= 11 is 0. The molecule has 2 unspecified atom stereocenters. The molecular formula is C22H18O8. The second kappa shape index (κ2) is 7.62. The van der Waals surface area contributed by atoms with E-state index in [4.69, 9.17) is 28.4 Å². The van der Waals surface area contributed by atoms with Gasteiger partial charge in [0.25, 0.3) is 0 Å². The van der Waals surface area contributed by atoms with Crippen molar-refractivity contribution < 1.29 is 38.0 Å². The second-order valence-electron chi connectivity index (χ2n) is 6.97. The first-order valence-corrected chi connectivity index (χ1v) is 9.55. The van der Waals surface area contributed by atoms with Gasteiger partial charge in [0.05, 0.1) is 0 Å². The molecule has 2 saturated heterocycles. The number of ether oxygens (including phenoxy) is 6. The third-order valence-corrected chi connectivity index (χ3v) is 4.96. The summed E-state index contributed by atoms with van der Waals surface area (Å²) in [6, 6.07) is 15.4. The highest BCUT2D eigenvalue weighted by atomic mass is 16.8. The number of cyclic esters (lactones) is 4. The van der Waals surface area contributed by atoms with Crippen LogP contribution in [0.2, 0.25) is 0 Å². The van der Waals surface area contributed by atoms with Crippen molar-refractivity contribution in [2.75, 3.05) is 26.4 Å². The Morgan fingerprint density at radius 1 is 0.667 bits per heavy atom. The first kappa shape index (κ1) is 18.4. The van der Waals surface area contributed by atoms with Crippen LogP contribution in [-0.2, 0) is 18.9 Å². The smallest absolute Gasteiger partial charge is 0.488 e. The van der Waals surface area contributed by atoms with E-state index in [-0.39, 0.29) is 26.4 Å². The van der Waals surface area contributed by atoms with Gasteiger partial charge >= 0.3 is 12.3 Å². The van der Waals surface area contributed by atoms with Crippen LogP contribution in [-0.4, -0.2) is 50.9 Å². The number of hydrogen-bond donors (Lipinski definition) is 0. The Balaban J connectivity index is 1.52. The fraction of sp³-hybridized carbons (Fsp3) is 0.273. The van der Waals surface area contributed by atoms with Crippen molar-refractivity contribution in [1.29, 1.82) is 0 Å². The van der Waals surface area contributed by atoms with Gasteiger partial charge in [-0.25, -0.2) is 9.59 Å². The van der Waals surface area contributed by atoms with Gasteiger partial charge in [-0.05, 0) is 0 Å². The van der Waals surface area contributed by atoms with Crippen molar-refractivity contribution in [3.05, 3.63) is 48.5 Å². The molecule has 0 aliphatic carbocycles. The molecule has 0 saturated carbocycles. The summed E-state index contributed by atoms with van der Waals surface area (Å²) in [6.07, 6.45) is -2.27. The first-order chi connectivity index (χ1) is 14.7. The van der Waals surface area contributed by atoms with Crippen LogP contribution in [0.4, 0.5) is 9.59 Å². The molecule has 0 aromatic heterocycles. The lowest BCUT2D eigenvalue weighted by atomic mass is 10.0. The van der Waals surface area contributed by atoms with E-state index in [1.165, 1.54) is 0 Å². The zero-order valence-electron chi connectivity index (χ0n) is 15.9. The molecule has 0 N–H and O–H groups in total. The molecule has 2 fully saturated rings. The van der Waals surface area contributed by atoms with Crippen molar-refractivity contribution in [2.45, 2.75) is 12.2 Å². The molecule has 2 aliphatic rings. The van der Waals surface area contributed by atoms with E-state index >= 15 is 0 Å². The van der Waals surface area contributed by atoms with Crippen molar-refractivity contribution in [2.24, 2.45) is 0 Å². The van der Waals surface area contributed by atoms with E-state index in [2.05, 4.69) is 0 Å². The number of rotatable bonds is 6. The summed E-state index contributed by atoms with van der Waals surface area (Å²) in [4.78, 5) is 22.4. The molecular weight excluding hydrogens is 392 g/mol. The van der Waals surface area contributed by atoms with Crippen LogP contribution in [0.15, 0.2) is 48.5 Å². The van der Waals surface area contributed by atoms with Gasteiger partial charge in [-0.1, -0.05) is 48.5 Å².